The van der Waals surface area contributed by atoms with E-state index in [9.17, 15) is 4.79 Å². The van der Waals surface area contributed by atoms with Crippen LogP contribution in [0.2, 0.25) is 0 Å². The fourth-order valence-corrected chi connectivity index (χ4v) is 3.46. The maximum absolute atomic E-state index is 12.9. The number of hydrogen-bond acceptors (Lipinski definition) is 4. The third-order valence-corrected chi connectivity index (χ3v) is 5.38. The molecule has 32 heavy (non-hydrogen) atoms. The van der Waals surface area contributed by atoms with Gasteiger partial charge in [-0.2, -0.15) is 0 Å². The Morgan fingerprint density at radius 2 is 1.94 bits per heavy atom. The van der Waals surface area contributed by atoms with Crippen LogP contribution in [0.5, 0.6) is 5.75 Å². The summed E-state index contributed by atoms with van der Waals surface area (Å²) in [6.45, 7) is 8.94. The lowest BCUT2D eigenvalue weighted by atomic mass is 10.0. The molecular formula is C27H28N2O3. The Morgan fingerprint density at radius 3 is 2.72 bits per heavy atom. The zero-order valence-electron chi connectivity index (χ0n) is 18.9. The van der Waals surface area contributed by atoms with Crippen LogP contribution in [0.25, 0.3) is 22.6 Å². The highest BCUT2D eigenvalue weighted by atomic mass is 16.5. The lowest BCUT2D eigenvalue weighted by Gasteiger charge is -2.11. The molecule has 0 radical (unpaired) electrons. The van der Waals surface area contributed by atoms with Crippen LogP contribution >= 0.6 is 0 Å². The van der Waals surface area contributed by atoms with Gasteiger partial charge in [0.05, 0.1) is 6.61 Å². The highest BCUT2D eigenvalue weighted by Gasteiger charge is 2.14. The van der Waals surface area contributed by atoms with Crippen LogP contribution < -0.4 is 10.1 Å². The summed E-state index contributed by atoms with van der Waals surface area (Å²) in [4.78, 5) is 17.6. The van der Waals surface area contributed by atoms with Gasteiger partial charge in [0.15, 0.2) is 5.58 Å². The minimum Gasteiger partial charge on any atom is -0.494 e. The summed E-state index contributed by atoms with van der Waals surface area (Å²) in [6.07, 6.45) is 0.914. The minimum atomic E-state index is -0.189. The van der Waals surface area contributed by atoms with E-state index in [1.165, 1.54) is 5.56 Å². The van der Waals surface area contributed by atoms with E-state index in [4.69, 9.17) is 9.15 Å². The van der Waals surface area contributed by atoms with Crippen LogP contribution in [0.15, 0.2) is 65.1 Å². The zero-order valence-corrected chi connectivity index (χ0v) is 18.9. The number of hydrogen-bond donors (Lipinski definition) is 1. The molecule has 164 valence electrons. The van der Waals surface area contributed by atoms with Crippen molar-refractivity contribution in [2.75, 3.05) is 11.9 Å². The van der Waals surface area contributed by atoms with Crippen molar-refractivity contribution in [2.45, 2.75) is 40.0 Å². The Labute approximate surface area is 188 Å². The highest BCUT2D eigenvalue weighted by Crippen LogP contribution is 2.30. The number of fused-ring (bicyclic) bond motifs is 1. The lowest BCUT2D eigenvalue weighted by molar-refractivity contribution is 0.102. The van der Waals surface area contributed by atoms with Gasteiger partial charge in [-0.1, -0.05) is 39.0 Å². The fourth-order valence-electron chi connectivity index (χ4n) is 3.46. The first-order valence-corrected chi connectivity index (χ1v) is 11.0. The molecule has 1 N–H and O–H groups in total. The number of oxazole rings is 1. The number of amides is 1. The smallest absolute Gasteiger partial charge is 0.255 e. The molecule has 0 bridgehead atoms. The quantitative estimate of drug-likeness (QED) is 0.345. The number of rotatable bonds is 7. The molecule has 0 saturated carbocycles. The van der Waals surface area contributed by atoms with E-state index in [0.717, 1.165) is 34.3 Å². The van der Waals surface area contributed by atoms with E-state index in [-0.39, 0.29) is 5.91 Å². The molecule has 1 amide bonds. The second-order valence-electron chi connectivity index (χ2n) is 8.26. The highest BCUT2D eigenvalue weighted by molar-refractivity contribution is 6.05. The molecule has 1 aromatic heterocycles. The minimum absolute atomic E-state index is 0.189. The van der Waals surface area contributed by atoms with Crippen molar-refractivity contribution >= 4 is 22.7 Å². The number of ether oxygens (including phenoxy) is 1. The van der Waals surface area contributed by atoms with Gasteiger partial charge in [0.1, 0.15) is 11.3 Å². The third kappa shape index (κ3) is 4.67. The van der Waals surface area contributed by atoms with E-state index < -0.39 is 0 Å². The summed E-state index contributed by atoms with van der Waals surface area (Å²) in [5, 5.41) is 3.01. The average Bonchev–Trinajstić information content (AvgIpc) is 3.22. The second-order valence-corrected chi connectivity index (χ2v) is 8.26. The predicted molar refractivity (Wildman–Crippen MR) is 128 cm³/mol. The summed E-state index contributed by atoms with van der Waals surface area (Å²) in [5.74, 6) is 1.46. The Kier molecular flexibility index (Phi) is 6.26. The van der Waals surface area contributed by atoms with Crippen LogP contribution in [0.4, 0.5) is 5.69 Å². The zero-order chi connectivity index (χ0) is 22.7. The lowest BCUT2D eigenvalue weighted by Crippen LogP contribution is -2.13. The number of nitrogens with zero attached hydrogens (tertiary/aromatic N) is 1. The van der Waals surface area contributed by atoms with Crippen LogP contribution in [0.3, 0.4) is 0 Å². The molecule has 0 aliphatic rings. The van der Waals surface area contributed by atoms with Crippen molar-refractivity contribution in [1.82, 2.24) is 4.98 Å². The van der Waals surface area contributed by atoms with Gasteiger partial charge in [-0.3, -0.25) is 4.79 Å². The molecule has 5 heteroatoms. The summed E-state index contributed by atoms with van der Waals surface area (Å²) >= 11 is 0. The van der Waals surface area contributed by atoms with Crippen molar-refractivity contribution in [3.05, 3.63) is 77.4 Å². The third-order valence-electron chi connectivity index (χ3n) is 5.38. The summed E-state index contributed by atoms with van der Waals surface area (Å²) < 4.78 is 11.6. The van der Waals surface area contributed by atoms with E-state index in [1.807, 2.05) is 50.2 Å². The maximum Gasteiger partial charge on any atom is 0.255 e. The number of aromatic nitrogens is 1. The Morgan fingerprint density at radius 1 is 1.09 bits per heavy atom. The van der Waals surface area contributed by atoms with Gasteiger partial charge >= 0.3 is 0 Å². The average molecular weight is 429 g/mol. The van der Waals surface area contributed by atoms with Gasteiger partial charge in [-0.25, -0.2) is 4.98 Å². The van der Waals surface area contributed by atoms with Gasteiger partial charge in [0, 0.05) is 16.8 Å². The molecule has 0 spiro atoms. The van der Waals surface area contributed by atoms with Crippen molar-refractivity contribution in [3.63, 3.8) is 0 Å². The first-order chi connectivity index (χ1) is 15.4. The van der Waals surface area contributed by atoms with Gasteiger partial charge < -0.3 is 14.5 Å². The van der Waals surface area contributed by atoms with Crippen molar-refractivity contribution in [1.29, 1.82) is 0 Å². The van der Waals surface area contributed by atoms with Gasteiger partial charge in [0.25, 0.3) is 5.91 Å². The molecule has 4 rings (SSSR count). The fraction of sp³-hybridized carbons (Fsp3) is 0.259. The number of aryl methyl sites for hydroxylation is 1. The van der Waals surface area contributed by atoms with E-state index in [0.29, 0.717) is 29.7 Å². The van der Waals surface area contributed by atoms with Crippen LogP contribution in [-0.4, -0.2) is 17.5 Å². The van der Waals surface area contributed by atoms with Crippen molar-refractivity contribution in [3.8, 4) is 17.2 Å². The summed E-state index contributed by atoms with van der Waals surface area (Å²) in [7, 11) is 0. The van der Waals surface area contributed by atoms with Crippen LogP contribution in [0, 0.1) is 6.92 Å². The molecule has 0 saturated heterocycles. The number of nitrogens with one attached hydrogen (secondary N) is 1. The summed E-state index contributed by atoms with van der Waals surface area (Å²) in [5.41, 5.74) is 5.84. The molecular weight excluding hydrogens is 400 g/mol. The topological polar surface area (TPSA) is 64.4 Å². The molecule has 0 unspecified atom stereocenters. The van der Waals surface area contributed by atoms with Crippen molar-refractivity contribution < 1.29 is 13.9 Å². The SMILES string of the molecule is CCCOc1cccc(C(=O)Nc2cc(-c3nc4cc(C(C)C)ccc4o3)ccc2C)c1. The number of carbonyl (C=O) groups is 1. The van der Waals surface area contributed by atoms with E-state index in [1.54, 1.807) is 12.1 Å². The van der Waals surface area contributed by atoms with Gasteiger partial charge in [-0.05, 0) is 72.9 Å². The predicted octanol–water partition coefficient (Wildman–Crippen LogP) is 6.97. The molecule has 4 aromatic rings. The number of benzene rings is 3. The molecule has 0 aliphatic carbocycles. The van der Waals surface area contributed by atoms with Gasteiger partial charge in [0.2, 0.25) is 5.89 Å². The first-order valence-electron chi connectivity index (χ1n) is 11.0. The van der Waals surface area contributed by atoms with Crippen LogP contribution in [0.1, 0.15) is 54.6 Å². The summed E-state index contributed by atoms with van der Waals surface area (Å²) in [6, 6.07) is 19.1. The Hall–Kier alpha value is -3.60. The number of carbonyl (C=O) groups excluding carboxylic acids is 1. The first kappa shape index (κ1) is 21.6. The molecule has 0 atom stereocenters. The molecule has 0 aliphatic heterocycles. The van der Waals surface area contributed by atoms with Crippen molar-refractivity contribution in [2.24, 2.45) is 0 Å². The van der Waals surface area contributed by atoms with Gasteiger partial charge in [-0.15, -0.1) is 0 Å². The molecule has 5 nitrogen and oxygen atoms in total. The Balaban J connectivity index is 1.59. The second kappa shape index (κ2) is 9.27. The maximum atomic E-state index is 12.9. The van der Waals surface area contributed by atoms with E-state index >= 15 is 0 Å². The van der Waals surface area contributed by atoms with E-state index in [2.05, 4.69) is 36.3 Å². The standard InChI is InChI=1S/C27H28N2O3/c1-5-13-31-22-8-6-7-20(14-22)26(30)28-23-16-21(10-9-18(23)4)27-29-24-15-19(17(2)3)11-12-25(24)32-27/h6-12,14-17H,5,13H2,1-4H3,(H,28,30). The molecule has 0 fully saturated rings. The normalized spacial score (nSPS) is 11.2. The Bertz CT molecular complexity index is 1260. The monoisotopic (exact) mass is 428 g/mol. The molecule has 3 aromatic carbocycles. The number of anilines is 1. The van der Waals surface area contributed by atoms with Crippen LogP contribution in [-0.2, 0) is 0 Å². The largest absolute Gasteiger partial charge is 0.494 e. The molecule has 1 heterocycles.